The average molecular weight is 227 g/mol. The standard InChI is InChI=1S/C13H25NO2/c1-2-13-8-12(5-7-16-13)14-9-11-4-3-6-15-10-11/h11-14H,2-10H2,1H3. The highest BCUT2D eigenvalue weighted by molar-refractivity contribution is 4.78. The Morgan fingerprint density at radius 3 is 2.94 bits per heavy atom. The monoisotopic (exact) mass is 227 g/mol. The van der Waals surface area contributed by atoms with Crippen molar-refractivity contribution in [3.8, 4) is 0 Å². The first-order valence-electron chi connectivity index (χ1n) is 6.81. The summed E-state index contributed by atoms with van der Waals surface area (Å²) in [7, 11) is 0. The molecule has 0 spiro atoms. The van der Waals surface area contributed by atoms with Crippen LogP contribution in [-0.2, 0) is 9.47 Å². The Balaban J connectivity index is 1.64. The quantitative estimate of drug-likeness (QED) is 0.796. The van der Waals surface area contributed by atoms with Gasteiger partial charge in [-0.3, -0.25) is 0 Å². The summed E-state index contributed by atoms with van der Waals surface area (Å²) in [6, 6.07) is 0.667. The summed E-state index contributed by atoms with van der Waals surface area (Å²) in [5.74, 6) is 0.733. The van der Waals surface area contributed by atoms with E-state index in [-0.39, 0.29) is 0 Å². The van der Waals surface area contributed by atoms with Gasteiger partial charge >= 0.3 is 0 Å². The molecule has 0 aromatic carbocycles. The molecule has 0 aromatic rings. The summed E-state index contributed by atoms with van der Waals surface area (Å²) in [6.45, 7) is 6.18. The first-order chi connectivity index (χ1) is 7.88. The summed E-state index contributed by atoms with van der Waals surface area (Å²) >= 11 is 0. The van der Waals surface area contributed by atoms with E-state index in [0.717, 1.165) is 38.7 Å². The second kappa shape index (κ2) is 6.58. The molecule has 3 atom stereocenters. The molecule has 3 nitrogen and oxygen atoms in total. The molecule has 2 rings (SSSR count). The number of hydrogen-bond acceptors (Lipinski definition) is 3. The highest BCUT2D eigenvalue weighted by Gasteiger charge is 2.22. The Kier molecular flexibility index (Phi) is 5.07. The largest absolute Gasteiger partial charge is 0.381 e. The van der Waals surface area contributed by atoms with Gasteiger partial charge in [0.05, 0.1) is 12.7 Å². The van der Waals surface area contributed by atoms with E-state index in [1.807, 2.05) is 0 Å². The fraction of sp³-hybridized carbons (Fsp3) is 1.00. The maximum Gasteiger partial charge on any atom is 0.0587 e. The highest BCUT2D eigenvalue weighted by Crippen LogP contribution is 2.18. The van der Waals surface area contributed by atoms with E-state index in [9.17, 15) is 0 Å². The van der Waals surface area contributed by atoms with Crippen molar-refractivity contribution >= 4 is 0 Å². The molecule has 16 heavy (non-hydrogen) atoms. The summed E-state index contributed by atoms with van der Waals surface area (Å²) in [6.07, 6.45) is 6.54. The molecule has 2 saturated heterocycles. The first kappa shape index (κ1) is 12.3. The fourth-order valence-corrected chi connectivity index (χ4v) is 2.65. The van der Waals surface area contributed by atoms with Crippen LogP contribution in [0.2, 0.25) is 0 Å². The highest BCUT2D eigenvalue weighted by atomic mass is 16.5. The topological polar surface area (TPSA) is 30.5 Å². The smallest absolute Gasteiger partial charge is 0.0587 e. The Bertz CT molecular complexity index is 192. The van der Waals surface area contributed by atoms with Gasteiger partial charge in [-0.25, -0.2) is 0 Å². The third-order valence-corrected chi connectivity index (χ3v) is 3.77. The Labute approximate surface area is 98.9 Å². The molecule has 0 aromatic heterocycles. The van der Waals surface area contributed by atoms with E-state index in [0.29, 0.717) is 12.1 Å². The van der Waals surface area contributed by atoms with Crippen molar-refractivity contribution in [3.05, 3.63) is 0 Å². The lowest BCUT2D eigenvalue weighted by Crippen LogP contribution is -2.42. The maximum absolute atomic E-state index is 5.68. The van der Waals surface area contributed by atoms with Crippen LogP contribution in [0.4, 0.5) is 0 Å². The molecule has 2 aliphatic rings. The van der Waals surface area contributed by atoms with Gasteiger partial charge in [-0.15, -0.1) is 0 Å². The third-order valence-electron chi connectivity index (χ3n) is 3.77. The minimum atomic E-state index is 0.480. The van der Waals surface area contributed by atoms with Crippen LogP contribution in [0.5, 0.6) is 0 Å². The fourth-order valence-electron chi connectivity index (χ4n) is 2.65. The summed E-state index contributed by atoms with van der Waals surface area (Å²) in [5.41, 5.74) is 0. The van der Waals surface area contributed by atoms with Crippen molar-refractivity contribution in [2.24, 2.45) is 5.92 Å². The maximum atomic E-state index is 5.68. The van der Waals surface area contributed by atoms with Crippen LogP contribution < -0.4 is 5.32 Å². The summed E-state index contributed by atoms with van der Waals surface area (Å²) in [4.78, 5) is 0. The molecular weight excluding hydrogens is 202 g/mol. The normalized spacial score (nSPS) is 36.2. The molecule has 0 amide bonds. The van der Waals surface area contributed by atoms with Crippen molar-refractivity contribution in [3.63, 3.8) is 0 Å². The molecule has 94 valence electrons. The lowest BCUT2D eigenvalue weighted by atomic mass is 9.98. The van der Waals surface area contributed by atoms with Crippen LogP contribution in [0.15, 0.2) is 0 Å². The second-order valence-electron chi connectivity index (χ2n) is 5.11. The van der Waals surface area contributed by atoms with Gasteiger partial charge in [0.25, 0.3) is 0 Å². The Morgan fingerprint density at radius 2 is 2.19 bits per heavy atom. The molecule has 1 N–H and O–H groups in total. The lowest BCUT2D eigenvalue weighted by molar-refractivity contribution is -0.00309. The van der Waals surface area contributed by atoms with E-state index >= 15 is 0 Å². The van der Waals surface area contributed by atoms with Crippen LogP contribution >= 0.6 is 0 Å². The minimum Gasteiger partial charge on any atom is -0.381 e. The van der Waals surface area contributed by atoms with E-state index in [4.69, 9.17) is 9.47 Å². The molecule has 3 heteroatoms. The SMILES string of the molecule is CCC1CC(NCC2CCCOC2)CCO1. The zero-order valence-electron chi connectivity index (χ0n) is 10.4. The second-order valence-corrected chi connectivity index (χ2v) is 5.11. The van der Waals surface area contributed by atoms with Crippen LogP contribution in [-0.4, -0.2) is 38.5 Å². The van der Waals surface area contributed by atoms with Crippen molar-refractivity contribution in [1.82, 2.24) is 5.32 Å². The Hall–Kier alpha value is -0.120. The molecule has 2 fully saturated rings. The zero-order chi connectivity index (χ0) is 11.2. The van der Waals surface area contributed by atoms with E-state index in [2.05, 4.69) is 12.2 Å². The molecule has 0 bridgehead atoms. The molecular formula is C13H25NO2. The van der Waals surface area contributed by atoms with Crippen LogP contribution in [0.1, 0.15) is 39.0 Å². The number of ether oxygens (including phenoxy) is 2. The minimum absolute atomic E-state index is 0.480. The van der Waals surface area contributed by atoms with Crippen LogP contribution in [0.25, 0.3) is 0 Å². The first-order valence-corrected chi connectivity index (χ1v) is 6.81. The number of nitrogens with one attached hydrogen (secondary N) is 1. The van der Waals surface area contributed by atoms with Gasteiger partial charge in [0.1, 0.15) is 0 Å². The van der Waals surface area contributed by atoms with Gasteiger partial charge in [-0.2, -0.15) is 0 Å². The average Bonchev–Trinajstić information content (AvgIpc) is 2.38. The number of hydrogen-bond donors (Lipinski definition) is 1. The van der Waals surface area contributed by atoms with Gasteiger partial charge in [0, 0.05) is 25.8 Å². The molecule has 3 unspecified atom stereocenters. The lowest BCUT2D eigenvalue weighted by Gasteiger charge is -2.31. The summed E-state index contributed by atoms with van der Waals surface area (Å²) in [5, 5.41) is 3.70. The zero-order valence-corrected chi connectivity index (χ0v) is 10.4. The molecule has 2 aliphatic heterocycles. The van der Waals surface area contributed by atoms with Gasteiger partial charge in [-0.1, -0.05) is 6.92 Å². The predicted molar refractivity (Wildman–Crippen MR) is 64.6 cm³/mol. The van der Waals surface area contributed by atoms with Crippen molar-refractivity contribution in [2.45, 2.75) is 51.2 Å². The molecule has 0 radical (unpaired) electrons. The molecule has 0 saturated carbocycles. The van der Waals surface area contributed by atoms with Gasteiger partial charge in [-0.05, 0) is 38.0 Å². The van der Waals surface area contributed by atoms with Crippen LogP contribution in [0.3, 0.4) is 0 Å². The van der Waals surface area contributed by atoms with Crippen molar-refractivity contribution in [1.29, 1.82) is 0 Å². The van der Waals surface area contributed by atoms with E-state index < -0.39 is 0 Å². The molecule has 2 heterocycles. The summed E-state index contributed by atoms with van der Waals surface area (Å²) < 4.78 is 11.2. The van der Waals surface area contributed by atoms with Crippen LogP contribution in [0, 0.1) is 5.92 Å². The van der Waals surface area contributed by atoms with E-state index in [1.165, 1.54) is 25.7 Å². The predicted octanol–water partition coefficient (Wildman–Crippen LogP) is 1.96. The van der Waals surface area contributed by atoms with Gasteiger partial charge in [0.2, 0.25) is 0 Å². The Morgan fingerprint density at radius 1 is 1.25 bits per heavy atom. The number of rotatable bonds is 4. The molecule has 0 aliphatic carbocycles. The van der Waals surface area contributed by atoms with Crippen molar-refractivity contribution < 1.29 is 9.47 Å². The van der Waals surface area contributed by atoms with E-state index in [1.54, 1.807) is 0 Å². The third kappa shape index (κ3) is 3.72. The van der Waals surface area contributed by atoms with Crippen molar-refractivity contribution in [2.75, 3.05) is 26.4 Å². The van der Waals surface area contributed by atoms with Gasteiger partial charge < -0.3 is 14.8 Å². The van der Waals surface area contributed by atoms with Gasteiger partial charge in [0.15, 0.2) is 0 Å².